The second-order valence-electron chi connectivity index (χ2n) is 5.12. The summed E-state index contributed by atoms with van der Waals surface area (Å²) in [6.45, 7) is 7.26. The number of morpholine rings is 1. The van der Waals surface area contributed by atoms with Crippen molar-refractivity contribution in [1.29, 1.82) is 0 Å². The Labute approximate surface area is 119 Å². The summed E-state index contributed by atoms with van der Waals surface area (Å²) in [5.74, 6) is 0.382. The standard InChI is InChI=1S/C15H23NO4/c1-12-10-13(17)14(18)11-15(12)20-7-3-2-4-16-5-8-19-9-6-16/h10-11,17-18H,2-9H2,1H3. The predicted octanol–water partition coefficient (Wildman–Crippen LogP) is 1.90. The Hall–Kier alpha value is -1.46. The van der Waals surface area contributed by atoms with Gasteiger partial charge >= 0.3 is 0 Å². The Bertz CT molecular complexity index is 430. The van der Waals surface area contributed by atoms with Crippen LogP contribution in [0.5, 0.6) is 17.2 Å². The zero-order valence-electron chi connectivity index (χ0n) is 12.0. The maximum Gasteiger partial charge on any atom is 0.161 e. The number of ether oxygens (including phenoxy) is 2. The lowest BCUT2D eigenvalue weighted by atomic mass is 10.2. The van der Waals surface area contributed by atoms with Gasteiger partial charge in [-0.1, -0.05) is 0 Å². The highest BCUT2D eigenvalue weighted by Crippen LogP contribution is 2.32. The van der Waals surface area contributed by atoms with Crippen LogP contribution >= 0.6 is 0 Å². The first-order valence-corrected chi connectivity index (χ1v) is 7.12. The van der Waals surface area contributed by atoms with Gasteiger partial charge in [-0.2, -0.15) is 0 Å². The molecule has 5 nitrogen and oxygen atoms in total. The van der Waals surface area contributed by atoms with E-state index in [-0.39, 0.29) is 11.5 Å². The maximum atomic E-state index is 9.45. The maximum absolute atomic E-state index is 9.45. The highest BCUT2D eigenvalue weighted by atomic mass is 16.5. The number of aryl methyl sites for hydroxylation is 1. The molecule has 0 saturated carbocycles. The number of hydrogen-bond donors (Lipinski definition) is 2. The van der Waals surface area contributed by atoms with Gasteiger partial charge in [0.05, 0.1) is 19.8 Å². The van der Waals surface area contributed by atoms with Crippen molar-refractivity contribution in [2.75, 3.05) is 39.5 Å². The van der Waals surface area contributed by atoms with E-state index in [9.17, 15) is 10.2 Å². The smallest absolute Gasteiger partial charge is 0.161 e. The zero-order valence-corrected chi connectivity index (χ0v) is 12.0. The van der Waals surface area contributed by atoms with Gasteiger partial charge in [0.15, 0.2) is 11.5 Å². The van der Waals surface area contributed by atoms with Crippen molar-refractivity contribution >= 4 is 0 Å². The molecule has 0 amide bonds. The predicted molar refractivity (Wildman–Crippen MR) is 76.5 cm³/mol. The van der Waals surface area contributed by atoms with Gasteiger partial charge in [0.1, 0.15) is 5.75 Å². The second-order valence-corrected chi connectivity index (χ2v) is 5.12. The van der Waals surface area contributed by atoms with Gasteiger partial charge < -0.3 is 19.7 Å². The van der Waals surface area contributed by atoms with Crippen LogP contribution in [0.2, 0.25) is 0 Å². The lowest BCUT2D eigenvalue weighted by Gasteiger charge is -2.26. The van der Waals surface area contributed by atoms with Crippen molar-refractivity contribution in [2.24, 2.45) is 0 Å². The first-order chi connectivity index (χ1) is 9.66. The molecule has 1 aromatic rings. The third-order valence-electron chi connectivity index (χ3n) is 3.50. The van der Waals surface area contributed by atoms with Crippen LogP contribution in [0.1, 0.15) is 18.4 Å². The van der Waals surface area contributed by atoms with E-state index >= 15 is 0 Å². The molecule has 2 N–H and O–H groups in total. The molecule has 0 radical (unpaired) electrons. The van der Waals surface area contributed by atoms with Crippen LogP contribution in [0.15, 0.2) is 12.1 Å². The lowest BCUT2D eigenvalue weighted by Crippen LogP contribution is -2.36. The fourth-order valence-electron chi connectivity index (χ4n) is 2.26. The summed E-state index contributed by atoms with van der Waals surface area (Å²) in [6.07, 6.45) is 2.06. The van der Waals surface area contributed by atoms with E-state index in [0.29, 0.717) is 12.4 Å². The summed E-state index contributed by atoms with van der Waals surface area (Å²) >= 11 is 0. The summed E-state index contributed by atoms with van der Waals surface area (Å²) in [5, 5.41) is 18.8. The summed E-state index contributed by atoms with van der Waals surface area (Å²) in [5.41, 5.74) is 0.827. The fourth-order valence-corrected chi connectivity index (χ4v) is 2.26. The van der Waals surface area contributed by atoms with E-state index in [4.69, 9.17) is 9.47 Å². The van der Waals surface area contributed by atoms with Crippen molar-refractivity contribution in [2.45, 2.75) is 19.8 Å². The molecule has 0 spiro atoms. The molecule has 1 saturated heterocycles. The molecule has 1 fully saturated rings. The monoisotopic (exact) mass is 281 g/mol. The summed E-state index contributed by atoms with van der Waals surface area (Å²) in [4.78, 5) is 2.40. The highest BCUT2D eigenvalue weighted by Gasteiger charge is 2.09. The number of phenols is 2. The molecule has 0 atom stereocenters. The lowest BCUT2D eigenvalue weighted by molar-refractivity contribution is 0.0368. The SMILES string of the molecule is Cc1cc(O)c(O)cc1OCCCCN1CCOCC1. The third kappa shape index (κ3) is 4.28. The first-order valence-electron chi connectivity index (χ1n) is 7.12. The molecule has 0 aliphatic carbocycles. The van der Waals surface area contributed by atoms with Crippen molar-refractivity contribution < 1.29 is 19.7 Å². The van der Waals surface area contributed by atoms with Crippen LogP contribution in [-0.4, -0.2) is 54.6 Å². The number of rotatable bonds is 6. The van der Waals surface area contributed by atoms with E-state index in [0.717, 1.165) is 51.3 Å². The van der Waals surface area contributed by atoms with E-state index in [1.165, 1.54) is 12.1 Å². The Morgan fingerprint density at radius 2 is 1.85 bits per heavy atom. The van der Waals surface area contributed by atoms with Crippen LogP contribution in [0.25, 0.3) is 0 Å². The molecule has 112 valence electrons. The van der Waals surface area contributed by atoms with E-state index in [1.807, 2.05) is 6.92 Å². The third-order valence-corrected chi connectivity index (χ3v) is 3.50. The quantitative estimate of drug-likeness (QED) is 0.616. The molecule has 2 rings (SSSR count). The molecule has 1 aliphatic heterocycles. The molecule has 1 aliphatic rings. The van der Waals surface area contributed by atoms with Crippen LogP contribution in [0, 0.1) is 6.92 Å². The normalized spacial score (nSPS) is 16.2. The molecule has 1 aromatic carbocycles. The average molecular weight is 281 g/mol. The van der Waals surface area contributed by atoms with Crippen LogP contribution in [0.4, 0.5) is 0 Å². The average Bonchev–Trinajstić information content (AvgIpc) is 2.45. The Kier molecular flexibility index (Phi) is 5.49. The molecular formula is C15H23NO4. The molecule has 0 unspecified atom stereocenters. The number of hydrogen-bond acceptors (Lipinski definition) is 5. The second kappa shape index (κ2) is 7.36. The molecule has 0 aromatic heterocycles. The number of benzene rings is 1. The molecule has 5 heteroatoms. The minimum atomic E-state index is -0.140. The van der Waals surface area contributed by atoms with Crippen molar-refractivity contribution in [3.05, 3.63) is 17.7 Å². The van der Waals surface area contributed by atoms with Crippen molar-refractivity contribution in [1.82, 2.24) is 4.90 Å². The van der Waals surface area contributed by atoms with Crippen molar-refractivity contribution in [3.63, 3.8) is 0 Å². The van der Waals surface area contributed by atoms with Crippen molar-refractivity contribution in [3.8, 4) is 17.2 Å². The van der Waals surface area contributed by atoms with Crippen LogP contribution < -0.4 is 4.74 Å². The van der Waals surface area contributed by atoms with Gasteiger partial charge in [0.2, 0.25) is 0 Å². The number of nitrogens with zero attached hydrogens (tertiary/aromatic N) is 1. The minimum Gasteiger partial charge on any atom is -0.504 e. The van der Waals surface area contributed by atoms with E-state index in [1.54, 1.807) is 0 Å². The Balaban J connectivity index is 1.66. The number of phenolic OH excluding ortho intramolecular Hbond substituents is 2. The van der Waals surface area contributed by atoms with Gasteiger partial charge in [-0.25, -0.2) is 0 Å². The number of unbranched alkanes of at least 4 members (excludes halogenated alkanes) is 1. The summed E-state index contributed by atoms with van der Waals surface area (Å²) in [6, 6.07) is 2.98. The van der Waals surface area contributed by atoms with Crippen LogP contribution in [-0.2, 0) is 4.74 Å². The fraction of sp³-hybridized carbons (Fsp3) is 0.600. The Morgan fingerprint density at radius 1 is 1.15 bits per heavy atom. The van der Waals surface area contributed by atoms with Crippen LogP contribution in [0.3, 0.4) is 0 Å². The number of aromatic hydroxyl groups is 2. The zero-order chi connectivity index (χ0) is 14.4. The summed E-state index contributed by atoms with van der Waals surface area (Å²) in [7, 11) is 0. The van der Waals surface area contributed by atoms with Gasteiger partial charge in [-0.15, -0.1) is 0 Å². The van der Waals surface area contributed by atoms with Gasteiger partial charge in [0.25, 0.3) is 0 Å². The van der Waals surface area contributed by atoms with E-state index < -0.39 is 0 Å². The minimum absolute atomic E-state index is 0.109. The van der Waals surface area contributed by atoms with E-state index in [2.05, 4.69) is 4.90 Å². The summed E-state index contributed by atoms with van der Waals surface area (Å²) < 4.78 is 11.0. The molecule has 0 bridgehead atoms. The van der Waals surface area contributed by atoms with Gasteiger partial charge in [0, 0.05) is 19.2 Å². The topological polar surface area (TPSA) is 62.2 Å². The highest BCUT2D eigenvalue weighted by molar-refractivity contribution is 5.48. The molecular weight excluding hydrogens is 258 g/mol. The van der Waals surface area contributed by atoms with Gasteiger partial charge in [-0.3, -0.25) is 4.90 Å². The van der Waals surface area contributed by atoms with Gasteiger partial charge in [-0.05, 0) is 37.9 Å². The molecule has 1 heterocycles. The largest absolute Gasteiger partial charge is 0.504 e. The Morgan fingerprint density at radius 3 is 2.60 bits per heavy atom. The molecule has 20 heavy (non-hydrogen) atoms. The first kappa shape index (κ1) is 14.9.